The van der Waals surface area contributed by atoms with Gasteiger partial charge in [-0.1, -0.05) is 20.8 Å². The van der Waals surface area contributed by atoms with Gasteiger partial charge in [-0.05, 0) is 19.3 Å². The van der Waals surface area contributed by atoms with Gasteiger partial charge in [0.05, 0.1) is 0 Å². The highest BCUT2D eigenvalue weighted by Gasteiger charge is 2.31. The molecular formula is C12H27O6P3. The van der Waals surface area contributed by atoms with Gasteiger partial charge in [-0.25, -0.2) is 0 Å². The Bertz CT molecular complexity index is 199. The Morgan fingerprint density at radius 1 is 0.571 bits per heavy atom. The van der Waals surface area contributed by atoms with Gasteiger partial charge < -0.3 is 14.2 Å². The van der Waals surface area contributed by atoms with E-state index in [1.807, 2.05) is 0 Å². The highest BCUT2D eigenvalue weighted by Crippen LogP contribution is 2.72. The Kier molecular flexibility index (Phi) is 12.9. The van der Waals surface area contributed by atoms with E-state index in [9.17, 15) is 0 Å². The topological polar surface area (TPSA) is 55.4 Å². The highest BCUT2D eigenvalue weighted by molar-refractivity contribution is 7.74. The molecule has 0 spiro atoms. The predicted octanol–water partition coefficient (Wildman–Crippen LogP) is 5.14. The summed E-state index contributed by atoms with van der Waals surface area (Å²) in [5, 5.41) is 0. The van der Waals surface area contributed by atoms with E-state index in [2.05, 4.69) is 35.0 Å². The minimum atomic E-state index is -0.641. The summed E-state index contributed by atoms with van der Waals surface area (Å²) in [4.78, 5) is 0. The zero-order valence-electron chi connectivity index (χ0n) is 13.2. The fraction of sp³-hybridized carbons (Fsp3) is 1.00. The minimum Gasteiger partial charge on any atom is -0.329 e. The molecule has 0 radical (unpaired) electrons. The van der Waals surface area contributed by atoms with E-state index in [0.717, 1.165) is 37.7 Å². The van der Waals surface area contributed by atoms with Crippen LogP contribution in [0.2, 0.25) is 0 Å². The molecule has 0 N–H and O–H groups in total. The molecular weight excluding hydrogens is 333 g/mol. The van der Waals surface area contributed by atoms with E-state index < -0.39 is 25.1 Å². The Morgan fingerprint density at radius 3 is 1.05 bits per heavy atom. The SMILES string of the molecule is C1OCOCO1.CCCP1OP(CCC)OP(CCC)O1. The molecule has 0 amide bonds. The van der Waals surface area contributed by atoms with Gasteiger partial charge in [-0.2, -0.15) is 0 Å². The number of hydrogen-bond acceptors (Lipinski definition) is 6. The molecule has 0 unspecified atom stereocenters. The van der Waals surface area contributed by atoms with E-state index in [4.69, 9.17) is 12.9 Å². The standard InChI is InChI=1S/C9H21O3P3.C3H6O3/c1-4-7-13-10-14(8-5-2)12-15(11-13)9-6-3;1-4-2-6-3-5-1/h4-9H2,1-3H3;1-3H2. The zero-order chi connectivity index (χ0) is 15.3. The Balaban J connectivity index is 0.000000304. The van der Waals surface area contributed by atoms with Gasteiger partial charge in [0.25, 0.3) is 0 Å². The zero-order valence-corrected chi connectivity index (χ0v) is 15.8. The smallest absolute Gasteiger partial charge is 0.182 e. The second-order valence-electron chi connectivity index (χ2n) is 4.38. The van der Waals surface area contributed by atoms with Crippen LogP contribution in [0.1, 0.15) is 40.0 Å². The average molecular weight is 360 g/mol. The third kappa shape index (κ3) is 9.71. The Labute approximate surface area is 131 Å². The third-order valence-electron chi connectivity index (χ3n) is 2.26. The van der Waals surface area contributed by atoms with Crippen LogP contribution >= 0.6 is 25.1 Å². The van der Waals surface area contributed by atoms with Gasteiger partial charge in [-0.3, -0.25) is 12.9 Å². The first kappa shape index (κ1) is 20.1. The first-order valence-electron chi connectivity index (χ1n) is 7.40. The average Bonchev–Trinajstić information content (AvgIpc) is 2.50. The molecule has 126 valence electrons. The normalized spacial score (nSPS) is 29.6. The molecule has 9 heteroatoms. The Hall–Kier alpha value is 1.05. The lowest BCUT2D eigenvalue weighted by Crippen LogP contribution is -2.14. The van der Waals surface area contributed by atoms with Crippen LogP contribution < -0.4 is 0 Å². The lowest BCUT2D eigenvalue weighted by Gasteiger charge is -2.33. The van der Waals surface area contributed by atoms with Crippen molar-refractivity contribution in [2.45, 2.75) is 40.0 Å². The lowest BCUT2D eigenvalue weighted by atomic mass is 10.6. The molecule has 0 aliphatic carbocycles. The summed E-state index contributed by atoms with van der Waals surface area (Å²) in [7, 11) is -1.92. The molecule has 2 aliphatic heterocycles. The van der Waals surface area contributed by atoms with E-state index >= 15 is 0 Å². The van der Waals surface area contributed by atoms with Crippen molar-refractivity contribution in [1.29, 1.82) is 0 Å². The molecule has 6 nitrogen and oxygen atoms in total. The van der Waals surface area contributed by atoms with E-state index in [-0.39, 0.29) is 0 Å². The van der Waals surface area contributed by atoms with Crippen molar-refractivity contribution in [1.82, 2.24) is 0 Å². The van der Waals surface area contributed by atoms with Crippen molar-refractivity contribution in [3.8, 4) is 0 Å². The molecule has 2 saturated heterocycles. The van der Waals surface area contributed by atoms with Crippen LogP contribution in [0.15, 0.2) is 0 Å². The monoisotopic (exact) mass is 360 g/mol. The molecule has 0 atom stereocenters. The summed E-state index contributed by atoms with van der Waals surface area (Å²) in [5.74, 6) is 0. The molecule has 0 aromatic heterocycles. The maximum Gasteiger partial charge on any atom is 0.182 e. The van der Waals surface area contributed by atoms with E-state index in [0.29, 0.717) is 20.4 Å². The van der Waals surface area contributed by atoms with Crippen LogP contribution in [0.4, 0.5) is 0 Å². The van der Waals surface area contributed by atoms with Crippen molar-refractivity contribution < 1.29 is 27.1 Å². The third-order valence-corrected chi connectivity index (χ3v) is 9.07. The van der Waals surface area contributed by atoms with Crippen molar-refractivity contribution in [2.24, 2.45) is 0 Å². The van der Waals surface area contributed by atoms with Crippen molar-refractivity contribution in [2.75, 3.05) is 38.9 Å². The summed E-state index contributed by atoms with van der Waals surface area (Å²) < 4.78 is 31.4. The molecule has 0 bridgehead atoms. The molecule has 21 heavy (non-hydrogen) atoms. The summed E-state index contributed by atoms with van der Waals surface area (Å²) in [6.45, 7) is 7.65. The van der Waals surface area contributed by atoms with Gasteiger partial charge >= 0.3 is 0 Å². The van der Waals surface area contributed by atoms with Crippen LogP contribution in [0.25, 0.3) is 0 Å². The number of ether oxygens (including phenoxy) is 3. The lowest BCUT2D eigenvalue weighted by molar-refractivity contribution is -0.247. The van der Waals surface area contributed by atoms with Crippen molar-refractivity contribution in [3.05, 3.63) is 0 Å². The van der Waals surface area contributed by atoms with E-state index in [1.54, 1.807) is 0 Å². The second kappa shape index (κ2) is 13.5. The minimum absolute atomic E-state index is 0.375. The molecule has 2 heterocycles. The largest absolute Gasteiger partial charge is 0.329 e. The first-order chi connectivity index (χ1) is 10.3. The van der Waals surface area contributed by atoms with Crippen molar-refractivity contribution >= 4 is 25.1 Å². The van der Waals surface area contributed by atoms with Crippen LogP contribution in [-0.2, 0) is 27.1 Å². The van der Waals surface area contributed by atoms with Crippen LogP contribution in [0, 0.1) is 0 Å². The quantitative estimate of drug-likeness (QED) is 0.612. The summed E-state index contributed by atoms with van der Waals surface area (Å²) in [6, 6.07) is 0. The molecule has 2 fully saturated rings. The molecule has 0 aromatic carbocycles. The molecule has 0 saturated carbocycles. The van der Waals surface area contributed by atoms with Crippen LogP contribution in [-0.4, -0.2) is 38.9 Å². The summed E-state index contributed by atoms with van der Waals surface area (Å²) in [6.07, 6.45) is 6.58. The molecule has 2 rings (SSSR count). The van der Waals surface area contributed by atoms with Crippen LogP contribution in [0.3, 0.4) is 0 Å². The first-order valence-corrected chi connectivity index (χ1v) is 11.5. The fourth-order valence-electron chi connectivity index (χ4n) is 1.42. The fourth-order valence-corrected chi connectivity index (χ4v) is 8.08. The van der Waals surface area contributed by atoms with Gasteiger partial charge in [0.1, 0.15) is 0 Å². The van der Waals surface area contributed by atoms with Gasteiger partial charge in [0.2, 0.25) is 0 Å². The molecule has 0 aromatic rings. The predicted molar refractivity (Wildman–Crippen MR) is 87.3 cm³/mol. The van der Waals surface area contributed by atoms with Gasteiger partial charge in [0, 0.05) is 18.5 Å². The van der Waals surface area contributed by atoms with E-state index in [1.165, 1.54) is 0 Å². The van der Waals surface area contributed by atoms with Gasteiger partial charge in [0.15, 0.2) is 45.5 Å². The summed E-state index contributed by atoms with van der Waals surface area (Å²) >= 11 is 0. The van der Waals surface area contributed by atoms with Crippen LogP contribution in [0.5, 0.6) is 0 Å². The number of rotatable bonds is 6. The summed E-state index contributed by atoms with van der Waals surface area (Å²) in [5.41, 5.74) is 0. The Morgan fingerprint density at radius 2 is 0.857 bits per heavy atom. The maximum absolute atomic E-state index is 5.85. The molecule has 2 aliphatic rings. The van der Waals surface area contributed by atoms with Gasteiger partial charge in [-0.15, -0.1) is 0 Å². The second-order valence-corrected chi connectivity index (χ2v) is 9.68. The van der Waals surface area contributed by atoms with Crippen molar-refractivity contribution in [3.63, 3.8) is 0 Å². The highest BCUT2D eigenvalue weighted by atomic mass is 31.3. The number of hydrogen-bond donors (Lipinski definition) is 0. The maximum atomic E-state index is 5.85.